The van der Waals surface area contributed by atoms with Gasteiger partial charge in [-0.2, -0.15) is 0 Å². The van der Waals surface area contributed by atoms with Crippen LogP contribution in [-0.4, -0.2) is 21.0 Å². The number of rotatable bonds is 1. The molecule has 0 spiro atoms. The van der Waals surface area contributed by atoms with Crippen LogP contribution in [0, 0.1) is 0 Å². The zero-order valence-electron chi connectivity index (χ0n) is 7.04. The van der Waals surface area contributed by atoms with Crippen molar-refractivity contribution >= 4 is 29.3 Å². The Bertz CT molecular complexity index is 473. The van der Waals surface area contributed by atoms with Gasteiger partial charge in [-0.25, -0.2) is 4.79 Å². The van der Waals surface area contributed by atoms with E-state index in [2.05, 4.69) is 9.97 Å². The van der Waals surface area contributed by atoms with Crippen LogP contribution in [0.4, 0.5) is 0 Å². The van der Waals surface area contributed by atoms with Gasteiger partial charge in [-0.15, -0.1) is 12.4 Å². The number of carbonyl (C=O) groups is 1. The van der Waals surface area contributed by atoms with E-state index < -0.39 is 5.97 Å². The summed E-state index contributed by atoms with van der Waals surface area (Å²) in [6.07, 6.45) is 4.55. The molecule has 14 heavy (non-hydrogen) atoms. The van der Waals surface area contributed by atoms with Gasteiger partial charge in [0.1, 0.15) is 0 Å². The summed E-state index contributed by atoms with van der Waals surface area (Å²) in [4.78, 5) is 18.4. The molecule has 0 atom stereocenters. The van der Waals surface area contributed by atoms with Crippen LogP contribution in [0.2, 0.25) is 0 Å². The maximum Gasteiger partial charge on any atom is 0.337 e. The molecular formula is C9H7ClN2O2. The van der Waals surface area contributed by atoms with E-state index in [0.717, 1.165) is 10.9 Å². The molecule has 0 aromatic carbocycles. The van der Waals surface area contributed by atoms with Crippen molar-refractivity contribution < 1.29 is 9.90 Å². The molecule has 5 heteroatoms. The summed E-state index contributed by atoms with van der Waals surface area (Å²) in [7, 11) is 0. The number of nitrogens with zero attached hydrogens (tertiary/aromatic N) is 2. The van der Waals surface area contributed by atoms with E-state index in [1.165, 1.54) is 6.20 Å². The van der Waals surface area contributed by atoms with Gasteiger partial charge in [0.2, 0.25) is 0 Å². The van der Waals surface area contributed by atoms with Crippen molar-refractivity contribution in [2.45, 2.75) is 0 Å². The highest BCUT2D eigenvalue weighted by Gasteiger charge is 2.03. The second-order valence-electron chi connectivity index (χ2n) is 2.60. The third kappa shape index (κ3) is 1.80. The molecule has 0 saturated carbocycles. The van der Waals surface area contributed by atoms with Gasteiger partial charge in [-0.05, 0) is 12.1 Å². The molecular weight excluding hydrogens is 204 g/mol. The Morgan fingerprint density at radius 3 is 2.86 bits per heavy atom. The predicted molar refractivity (Wildman–Crippen MR) is 53.7 cm³/mol. The summed E-state index contributed by atoms with van der Waals surface area (Å²) in [5.74, 6) is -0.974. The van der Waals surface area contributed by atoms with Crippen molar-refractivity contribution in [3.05, 3.63) is 36.3 Å². The molecule has 0 aliphatic carbocycles. The molecule has 2 aromatic heterocycles. The lowest BCUT2D eigenvalue weighted by atomic mass is 10.2. The topological polar surface area (TPSA) is 63.1 Å². The Morgan fingerprint density at radius 1 is 1.36 bits per heavy atom. The number of halogens is 1. The number of fused-ring (bicyclic) bond motifs is 1. The summed E-state index contributed by atoms with van der Waals surface area (Å²) in [6, 6.07) is 3.29. The first-order chi connectivity index (χ1) is 6.27. The zero-order valence-corrected chi connectivity index (χ0v) is 7.86. The van der Waals surface area contributed by atoms with Gasteiger partial charge in [-0.3, -0.25) is 9.97 Å². The Morgan fingerprint density at radius 2 is 2.14 bits per heavy atom. The van der Waals surface area contributed by atoms with E-state index in [4.69, 9.17) is 5.11 Å². The predicted octanol–water partition coefficient (Wildman–Crippen LogP) is 1.75. The van der Waals surface area contributed by atoms with E-state index in [0.29, 0.717) is 0 Å². The summed E-state index contributed by atoms with van der Waals surface area (Å²) in [6.45, 7) is 0. The molecule has 2 heterocycles. The van der Waals surface area contributed by atoms with Crippen molar-refractivity contribution in [3.8, 4) is 0 Å². The minimum atomic E-state index is -0.974. The Kier molecular flexibility index (Phi) is 2.99. The highest BCUT2D eigenvalue weighted by molar-refractivity contribution is 5.92. The quantitative estimate of drug-likeness (QED) is 0.779. The fraction of sp³-hybridized carbons (Fsp3) is 0. The Balaban J connectivity index is 0.000000980. The zero-order chi connectivity index (χ0) is 9.26. The number of carboxylic acids is 1. The summed E-state index contributed by atoms with van der Waals surface area (Å²) >= 11 is 0. The molecule has 1 N–H and O–H groups in total. The standard InChI is InChI=1S/C9H6N2O2.ClH/c12-9(13)7-3-6-4-10-2-1-8(6)11-5-7;/h1-5H,(H,12,13);1H. The van der Waals surface area contributed by atoms with Crippen molar-refractivity contribution in [1.82, 2.24) is 9.97 Å². The van der Waals surface area contributed by atoms with Gasteiger partial charge in [0, 0.05) is 24.0 Å². The third-order valence-electron chi connectivity index (χ3n) is 1.73. The first-order valence-corrected chi connectivity index (χ1v) is 3.70. The third-order valence-corrected chi connectivity index (χ3v) is 1.73. The summed E-state index contributed by atoms with van der Waals surface area (Å²) < 4.78 is 0. The number of aromatic nitrogens is 2. The van der Waals surface area contributed by atoms with Gasteiger partial charge in [0.15, 0.2) is 0 Å². The van der Waals surface area contributed by atoms with Gasteiger partial charge >= 0.3 is 5.97 Å². The van der Waals surface area contributed by atoms with Crippen LogP contribution >= 0.6 is 12.4 Å². The SMILES string of the molecule is Cl.O=C(O)c1cnc2ccncc2c1. The van der Waals surface area contributed by atoms with Gasteiger partial charge in [0.05, 0.1) is 11.1 Å². The molecule has 0 saturated heterocycles. The fourth-order valence-electron chi connectivity index (χ4n) is 1.09. The number of aromatic carboxylic acids is 1. The molecule has 72 valence electrons. The van der Waals surface area contributed by atoms with Crippen LogP contribution in [0.25, 0.3) is 10.9 Å². The first kappa shape index (κ1) is 10.4. The molecule has 0 fully saturated rings. The largest absolute Gasteiger partial charge is 0.478 e. The summed E-state index contributed by atoms with van der Waals surface area (Å²) in [5, 5.41) is 9.42. The number of hydrogen-bond acceptors (Lipinski definition) is 3. The lowest BCUT2D eigenvalue weighted by Gasteiger charge is -1.96. The maximum absolute atomic E-state index is 10.6. The van der Waals surface area contributed by atoms with Crippen molar-refractivity contribution in [2.75, 3.05) is 0 Å². The molecule has 4 nitrogen and oxygen atoms in total. The molecule has 0 aliphatic heterocycles. The molecule has 0 amide bonds. The van der Waals surface area contributed by atoms with Gasteiger partial charge < -0.3 is 5.11 Å². The lowest BCUT2D eigenvalue weighted by Crippen LogP contribution is -1.96. The molecule has 0 bridgehead atoms. The number of hydrogen-bond donors (Lipinski definition) is 1. The Labute approximate surface area is 86.0 Å². The molecule has 0 unspecified atom stereocenters. The smallest absolute Gasteiger partial charge is 0.337 e. The van der Waals surface area contributed by atoms with Crippen LogP contribution in [-0.2, 0) is 0 Å². The van der Waals surface area contributed by atoms with Crippen molar-refractivity contribution in [1.29, 1.82) is 0 Å². The van der Waals surface area contributed by atoms with Crippen LogP contribution in [0.15, 0.2) is 30.7 Å². The van der Waals surface area contributed by atoms with E-state index in [9.17, 15) is 4.79 Å². The van der Waals surface area contributed by atoms with Crippen LogP contribution < -0.4 is 0 Å². The lowest BCUT2D eigenvalue weighted by molar-refractivity contribution is 0.0696. The highest BCUT2D eigenvalue weighted by Crippen LogP contribution is 2.10. The molecule has 0 radical (unpaired) electrons. The maximum atomic E-state index is 10.6. The molecule has 2 aromatic rings. The number of pyridine rings is 2. The second kappa shape index (κ2) is 4.02. The van der Waals surface area contributed by atoms with E-state index >= 15 is 0 Å². The monoisotopic (exact) mass is 210 g/mol. The molecule has 2 rings (SSSR count). The van der Waals surface area contributed by atoms with E-state index in [1.54, 1.807) is 24.5 Å². The minimum absolute atomic E-state index is 0. The van der Waals surface area contributed by atoms with E-state index in [1.807, 2.05) is 0 Å². The van der Waals surface area contributed by atoms with Crippen LogP contribution in [0.1, 0.15) is 10.4 Å². The number of carboxylic acid groups (broad SMARTS) is 1. The minimum Gasteiger partial charge on any atom is -0.478 e. The second-order valence-corrected chi connectivity index (χ2v) is 2.60. The van der Waals surface area contributed by atoms with Gasteiger partial charge in [-0.1, -0.05) is 0 Å². The van der Waals surface area contributed by atoms with Gasteiger partial charge in [0.25, 0.3) is 0 Å². The first-order valence-electron chi connectivity index (χ1n) is 3.70. The normalized spacial score (nSPS) is 9.43. The van der Waals surface area contributed by atoms with E-state index in [-0.39, 0.29) is 18.0 Å². The molecule has 0 aliphatic rings. The van der Waals surface area contributed by atoms with Crippen molar-refractivity contribution in [2.24, 2.45) is 0 Å². The average Bonchev–Trinajstić information content (AvgIpc) is 2.17. The van der Waals surface area contributed by atoms with Crippen molar-refractivity contribution in [3.63, 3.8) is 0 Å². The fourth-order valence-corrected chi connectivity index (χ4v) is 1.09. The summed E-state index contributed by atoms with van der Waals surface area (Å²) in [5.41, 5.74) is 0.931. The van der Waals surface area contributed by atoms with Crippen LogP contribution in [0.3, 0.4) is 0 Å². The Hall–Kier alpha value is -1.68. The van der Waals surface area contributed by atoms with Crippen LogP contribution in [0.5, 0.6) is 0 Å². The highest BCUT2D eigenvalue weighted by atomic mass is 35.5. The average molecular weight is 211 g/mol.